The van der Waals surface area contributed by atoms with Crippen molar-refractivity contribution in [3.05, 3.63) is 29.3 Å². The summed E-state index contributed by atoms with van der Waals surface area (Å²) in [4.78, 5) is -0.543. The quantitative estimate of drug-likeness (QED) is 0.558. The molecule has 0 saturated heterocycles. The van der Waals surface area contributed by atoms with Crippen molar-refractivity contribution in [2.45, 2.75) is 4.90 Å². The summed E-state index contributed by atoms with van der Waals surface area (Å²) in [5.74, 6) is 0. The Morgan fingerprint density at radius 3 is 2.20 bits per heavy atom. The van der Waals surface area contributed by atoms with E-state index in [9.17, 15) is 8.42 Å². The zero-order chi connectivity index (χ0) is 10.8. The molecule has 0 bridgehead atoms. The topological polar surface area (TPSA) is 102 Å². The van der Waals surface area contributed by atoms with E-state index >= 15 is 0 Å². The van der Waals surface area contributed by atoms with Crippen LogP contribution in [0.4, 0.5) is 0 Å². The minimum absolute atomic E-state index is 0. The van der Waals surface area contributed by atoms with E-state index in [0.29, 0.717) is 0 Å². The predicted molar refractivity (Wildman–Crippen MR) is 52.8 cm³/mol. The summed E-state index contributed by atoms with van der Waals surface area (Å²) in [6.07, 6.45) is 0. The summed E-state index contributed by atoms with van der Waals surface area (Å²) in [6.45, 7) is 0. The van der Waals surface area contributed by atoms with Gasteiger partial charge in [0.15, 0.2) is 0 Å². The Morgan fingerprint density at radius 2 is 1.80 bits per heavy atom. The standard InChI is InChI=1S/C8H4N2O3S.K.H/c9-4-6-2-1-3-8(7(6)5-10)14(11,12)13;;/h1-3H,(H,11,12,13);;. The van der Waals surface area contributed by atoms with Crippen molar-refractivity contribution in [3.8, 4) is 12.1 Å². The zero-order valence-electron chi connectivity index (χ0n) is 6.80. The van der Waals surface area contributed by atoms with Gasteiger partial charge in [0.25, 0.3) is 10.1 Å². The fourth-order valence-electron chi connectivity index (χ4n) is 0.955. The number of nitrogens with zero attached hydrogens (tertiary/aromatic N) is 2. The van der Waals surface area contributed by atoms with Crippen molar-refractivity contribution in [1.82, 2.24) is 0 Å². The number of hydrogen-bond acceptors (Lipinski definition) is 4. The average Bonchev–Trinajstić information content (AvgIpc) is 2.15. The molecule has 1 aromatic rings. The summed E-state index contributed by atoms with van der Waals surface area (Å²) < 4.78 is 30.3. The van der Waals surface area contributed by atoms with Crippen LogP contribution in [0.3, 0.4) is 0 Å². The van der Waals surface area contributed by atoms with E-state index in [2.05, 4.69) is 0 Å². The molecule has 1 N–H and O–H groups in total. The first kappa shape index (κ1) is 14.7. The van der Waals surface area contributed by atoms with Gasteiger partial charge in [0.1, 0.15) is 17.0 Å². The van der Waals surface area contributed by atoms with Crippen molar-refractivity contribution in [3.63, 3.8) is 0 Å². The summed E-state index contributed by atoms with van der Waals surface area (Å²) in [5.41, 5.74) is -0.417. The van der Waals surface area contributed by atoms with E-state index in [1.807, 2.05) is 0 Å². The molecular weight excluding hydrogens is 243 g/mol. The summed E-state index contributed by atoms with van der Waals surface area (Å²) >= 11 is 0. The third kappa shape index (κ3) is 3.36. The van der Waals surface area contributed by atoms with Crippen LogP contribution in [0.5, 0.6) is 0 Å². The van der Waals surface area contributed by atoms with Crippen LogP contribution in [0.25, 0.3) is 0 Å². The van der Waals surface area contributed by atoms with Crippen LogP contribution >= 0.6 is 0 Å². The van der Waals surface area contributed by atoms with Crippen molar-refractivity contribution in [2.24, 2.45) is 0 Å². The fraction of sp³-hybridized carbons (Fsp3) is 0. The van der Waals surface area contributed by atoms with Crippen LogP contribution in [0, 0.1) is 22.7 Å². The molecule has 0 unspecified atom stereocenters. The Morgan fingerprint density at radius 1 is 1.20 bits per heavy atom. The van der Waals surface area contributed by atoms with Gasteiger partial charge < -0.3 is 0 Å². The number of rotatable bonds is 1. The van der Waals surface area contributed by atoms with Crippen LogP contribution in [-0.4, -0.2) is 64.4 Å². The van der Waals surface area contributed by atoms with Crippen molar-refractivity contribution in [1.29, 1.82) is 10.5 Å². The molecule has 0 radical (unpaired) electrons. The number of benzene rings is 1. The van der Waals surface area contributed by atoms with Gasteiger partial charge in [0.2, 0.25) is 0 Å². The zero-order valence-corrected chi connectivity index (χ0v) is 7.61. The third-order valence-corrected chi connectivity index (χ3v) is 2.43. The Bertz CT molecular complexity index is 554. The second-order valence-corrected chi connectivity index (χ2v) is 3.77. The maximum absolute atomic E-state index is 10.8. The SMILES string of the molecule is N#Cc1cccc(S(=O)(=O)O)c1C#N.[KH]. The van der Waals surface area contributed by atoms with Gasteiger partial charge in [-0.05, 0) is 12.1 Å². The molecule has 0 aliphatic carbocycles. The van der Waals surface area contributed by atoms with E-state index in [1.165, 1.54) is 12.1 Å². The maximum atomic E-state index is 10.8. The fourth-order valence-corrected chi connectivity index (χ4v) is 1.62. The first-order valence-corrected chi connectivity index (χ1v) is 4.85. The molecule has 0 atom stereocenters. The van der Waals surface area contributed by atoms with E-state index in [1.54, 1.807) is 12.1 Å². The molecule has 7 heteroatoms. The molecule has 0 aliphatic heterocycles. The Kier molecular flexibility index (Phi) is 5.63. The molecule has 1 rings (SSSR count). The molecule has 0 aromatic heterocycles. The number of hydrogen-bond donors (Lipinski definition) is 1. The van der Waals surface area contributed by atoms with E-state index in [0.717, 1.165) is 6.07 Å². The first-order valence-electron chi connectivity index (χ1n) is 3.41. The van der Waals surface area contributed by atoms with Gasteiger partial charge in [-0.1, -0.05) is 6.07 Å². The Hall–Kier alpha value is -0.254. The second-order valence-electron chi connectivity index (χ2n) is 2.38. The van der Waals surface area contributed by atoms with Gasteiger partial charge in [-0.25, -0.2) is 0 Å². The number of nitriles is 2. The molecule has 5 nitrogen and oxygen atoms in total. The first-order chi connectivity index (χ1) is 6.50. The summed E-state index contributed by atoms with van der Waals surface area (Å²) in [5, 5.41) is 17.2. The molecule has 1 aromatic carbocycles. The van der Waals surface area contributed by atoms with Gasteiger partial charge >= 0.3 is 51.4 Å². The monoisotopic (exact) mass is 248 g/mol. The molecule has 0 saturated carbocycles. The molecule has 0 heterocycles. The van der Waals surface area contributed by atoms with Crippen LogP contribution in [0.2, 0.25) is 0 Å². The van der Waals surface area contributed by atoms with E-state index < -0.39 is 15.0 Å². The van der Waals surface area contributed by atoms with Crippen LogP contribution < -0.4 is 0 Å². The van der Waals surface area contributed by atoms with E-state index in [-0.39, 0.29) is 62.5 Å². The summed E-state index contributed by atoms with van der Waals surface area (Å²) in [6, 6.07) is 6.86. The molecule has 0 amide bonds. The third-order valence-electron chi connectivity index (χ3n) is 1.54. The van der Waals surface area contributed by atoms with Crippen LogP contribution in [0.1, 0.15) is 11.1 Å². The molecular formula is C8H5KN2O3S. The molecule has 0 spiro atoms. The minimum atomic E-state index is -4.45. The molecule has 0 aliphatic rings. The van der Waals surface area contributed by atoms with E-state index in [4.69, 9.17) is 15.1 Å². The van der Waals surface area contributed by atoms with Gasteiger partial charge in [-0.3, -0.25) is 4.55 Å². The Labute approximate surface area is 129 Å². The van der Waals surface area contributed by atoms with Crippen LogP contribution in [0.15, 0.2) is 23.1 Å². The van der Waals surface area contributed by atoms with Crippen LogP contribution in [-0.2, 0) is 10.1 Å². The molecule has 72 valence electrons. The predicted octanol–water partition coefficient (Wildman–Crippen LogP) is 0.0282. The summed E-state index contributed by atoms with van der Waals surface area (Å²) in [7, 11) is -4.45. The van der Waals surface area contributed by atoms with Gasteiger partial charge in [-0.15, -0.1) is 0 Å². The normalized spacial score (nSPS) is 9.53. The second kappa shape index (κ2) is 5.73. The van der Waals surface area contributed by atoms with Crippen molar-refractivity contribution in [2.75, 3.05) is 0 Å². The van der Waals surface area contributed by atoms with Gasteiger partial charge in [0.05, 0.1) is 11.1 Å². The van der Waals surface area contributed by atoms with Gasteiger partial charge in [0, 0.05) is 0 Å². The van der Waals surface area contributed by atoms with Crippen molar-refractivity contribution >= 4 is 61.5 Å². The molecule has 0 fully saturated rings. The molecule has 15 heavy (non-hydrogen) atoms. The Balaban J connectivity index is 0.00000196. The van der Waals surface area contributed by atoms with Gasteiger partial charge in [-0.2, -0.15) is 18.9 Å². The average molecular weight is 248 g/mol. The van der Waals surface area contributed by atoms with Crippen molar-refractivity contribution < 1.29 is 13.0 Å².